The van der Waals surface area contributed by atoms with E-state index in [4.69, 9.17) is 10.00 Å². The fourth-order valence-electron chi connectivity index (χ4n) is 1.57. The molecular formula is C14H17N3O4. The molecule has 0 aliphatic rings. The molecule has 7 nitrogen and oxygen atoms in total. The van der Waals surface area contributed by atoms with Gasteiger partial charge in [0, 0.05) is 18.8 Å². The van der Waals surface area contributed by atoms with Crippen LogP contribution in [0.1, 0.15) is 31.9 Å². The number of nitrogens with zero attached hydrogens (tertiary/aromatic N) is 2. The van der Waals surface area contributed by atoms with Crippen LogP contribution in [0.25, 0.3) is 0 Å². The second-order valence-corrected chi connectivity index (χ2v) is 5.39. The fraction of sp³-hybridized carbons (Fsp3) is 0.429. The Morgan fingerprint density at radius 3 is 2.71 bits per heavy atom. The van der Waals surface area contributed by atoms with Crippen LogP contribution in [0.2, 0.25) is 0 Å². The Morgan fingerprint density at radius 1 is 1.52 bits per heavy atom. The van der Waals surface area contributed by atoms with Crippen molar-refractivity contribution in [1.29, 1.82) is 5.26 Å². The van der Waals surface area contributed by atoms with Crippen LogP contribution in [0.5, 0.6) is 0 Å². The summed E-state index contributed by atoms with van der Waals surface area (Å²) in [5.41, 5.74) is 0.0462. The Bertz CT molecular complexity index is 572. The van der Waals surface area contributed by atoms with E-state index in [2.05, 4.69) is 10.3 Å². The standard InChI is InChI=1S/C14H17N3O4/c1-14(2,3)21-13(20)17-11(12(18)19)6-10-8-16-5-4-9(10)7-15/h4-5,8,11H,6H2,1-3H3,(H,17,20)(H,18,19)/t11-/m0/s1. The number of pyridine rings is 1. The van der Waals surface area contributed by atoms with Gasteiger partial charge in [-0.3, -0.25) is 4.98 Å². The quantitative estimate of drug-likeness (QED) is 0.868. The van der Waals surface area contributed by atoms with Crippen LogP contribution in [-0.4, -0.2) is 33.8 Å². The van der Waals surface area contributed by atoms with Gasteiger partial charge in [-0.25, -0.2) is 9.59 Å². The largest absolute Gasteiger partial charge is 0.480 e. The van der Waals surface area contributed by atoms with E-state index >= 15 is 0 Å². The van der Waals surface area contributed by atoms with Crippen molar-refractivity contribution in [3.05, 3.63) is 29.6 Å². The van der Waals surface area contributed by atoms with Gasteiger partial charge in [0.1, 0.15) is 11.6 Å². The van der Waals surface area contributed by atoms with Gasteiger partial charge in [0.2, 0.25) is 0 Å². The molecule has 21 heavy (non-hydrogen) atoms. The fourth-order valence-corrected chi connectivity index (χ4v) is 1.57. The minimum absolute atomic E-state index is 0.0503. The van der Waals surface area contributed by atoms with Gasteiger partial charge in [0.05, 0.1) is 11.6 Å². The Morgan fingerprint density at radius 2 is 2.19 bits per heavy atom. The number of nitriles is 1. The third-order valence-corrected chi connectivity index (χ3v) is 2.44. The Kier molecular flexibility index (Phi) is 5.24. The summed E-state index contributed by atoms with van der Waals surface area (Å²) in [4.78, 5) is 26.7. The number of hydrogen-bond acceptors (Lipinski definition) is 5. The minimum atomic E-state index is -1.21. The molecule has 0 aromatic carbocycles. The summed E-state index contributed by atoms with van der Waals surface area (Å²) >= 11 is 0. The smallest absolute Gasteiger partial charge is 0.408 e. The van der Waals surface area contributed by atoms with Gasteiger partial charge in [-0.2, -0.15) is 5.26 Å². The first-order valence-corrected chi connectivity index (χ1v) is 6.28. The predicted octanol–water partition coefficient (Wildman–Crippen LogP) is 1.47. The molecule has 1 atom stereocenters. The second kappa shape index (κ2) is 6.70. The maximum atomic E-state index is 11.6. The lowest BCUT2D eigenvalue weighted by Crippen LogP contribution is -2.44. The van der Waals surface area contributed by atoms with E-state index in [1.54, 1.807) is 20.8 Å². The lowest BCUT2D eigenvalue weighted by atomic mass is 10.0. The summed E-state index contributed by atoms with van der Waals surface area (Å²) in [6.45, 7) is 5.03. The summed E-state index contributed by atoms with van der Waals surface area (Å²) in [7, 11) is 0. The number of alkyl carbamates (subject to hydrolysis) is 1. The van der Waals surface area contributed by atoms with Gasteiger partial charge >= 0.3 is 12.1 Å². The Balaban J connectivity index is 2.82. The van der Waals surface area contributed by atoms with Crippen molar-refractivity contribution in [1.82, 2.24) is 10.3 Å². The predicted molar refractivity (Wildman–Crippen MR) is 73.4 cm³/mol. The summed E-state index contributed by atoms with van der Waals surface area (Å²) < 4.78 is 5.02. The summed E-state index contributed by atoms with van der Waals surface area (Å²) in [5, 5.41) is 20.4. The molecule has 112 valence electrons. The summed E-state index contributed by atoms with van der Waals surface area (Å²) in [5.74, 6) is -1.21. The summed E-state index contributed by atoms with van der Waals surface area (Å²) in [6.07, 6.45) is 1.98. The minimum Gasteiger partial charge on any atom is -0.480 e. The number of carboxylic acids is 1. The maximum absolute atomic E-state index is 11.6. The van der Waals surface area contributed by atoms with E-state index in [0.717, 1.165) is 0 Å². The van der Waals surface area contributed by atoms with E-state index in [1.807, 2.05) is 6.07 Å². The van der Waals surface area contributed by atoms with Crippen LogP contribution in [0.15, 0.2) is 18.5 Å². The van der Waals surface area contributed by atoms with Gasteiger partial charge in [0.15, 0.2) is 0 Å². The first kappa shape index (κ1) is 16.4. The third kappa shape index (κ3) is 5.48. The van der Waals surface area contributed by atoms with Gasteiger partial charge < -0.3 is 15.2 Å². The number of carbonyl (C=O) groups excluding carboxylic acids is 1. The molecule has 0 unspecified atom stereocenters. The van der Waals surface area contributed by atoms with Crippen LogP contribution in [0, 0.1) is 11.3 Å². The van der Waals surface area contributed by atoms with Gasteiger partial charge in [-0.05, 0) is 32.4 Å². The van der Waals surface area contributed by atoms with E-state index in [0.29, 0.717) is 11.1 Å². The summed E-state index contributed by atoms with van der Waals surface area (Å²) in [6, 6.07) is 2.24. The number of rotatable bonds is 4. The highest BCUT2D eigenvalue weighted by atomic mass is 16.6. The molecule has 2 N–H and O–H groups in total. The van der Waals surface area contributed by atoms with Crippen LogP contribution in [0.4, 0.5) is 4.79 Å². The molecule has 7 heteroatoms. The Labute approximate surface area is 122 Å². The van der Waals surface area contributed by atoms with Crippen molar-refractivity contribution in [3.63, 3.8) is 0 Å². The third-order valence-electron chi connectivity index (χ3n) is 2.44. The van der Waals surface area contributed by atoms with E-state index < -0.39 is 23.7 Å². The van der Waals surface area contributed by atoms with Crippen molar-refractivity contribution in [2.45, 2.75) is 38.8 Å². The second-order valence-electron chi connectivity index (χ2n) is 5.39. The van der Waals surface area contributed by atoms with Crippen LogP contribution in [0.3, 0.4) is 0 Å². The van der Waals surface area contributed by atoms with E-state index in [-0.39, 0.29) is 6.42 Å². The zero-order valence-corrected chi connectivity index (χ0v) is 12.1. The maximum Gasteiger partial charge on any atom is 0.408 e. The van der Waals surface area contributed by atoms with Crippen molar-refractivity contribution < 1.29 is 19.4 Å². The highest BCUT2D eigenvalue weighted by Crippen LogP contribution is 2.10. The van der Waals surface area contributed by atoms with Gasteiger partial charge in [-0.1, -0.05) is 0 Å². The Hall–Kier alpha value is -2.62. The highest BCUT2D eigenvalue weighted by Gasteiger charge is 2.25. The van der Waals surface area contributed by atoms with E-state index in [9.17, 15) is 14.7 Å². The van der Waals surface area contributed by atoms with Crippen molar-refractivity contribution in [2.75, 3.05) is 0 Å². The number of carbonyl (C=O) groups is 2. The van der Waals surface area contributed by atoms with Crippen LogP contribution in [-0.2, 0) is 16.0 Å². The molecule has 0 radical (unpaired) electrons. The molecule has 0 bridgehead atoms. The molecule has 1 heterocycles. The number of nitrogens with one attached hydrogen (secondary N) is 1. The molecule has 0 aliphatic heterocycles. The SMILES string of the molecule is CC(C)(C)OC(=O)N[C@@H](Cc1cnccc1C#N)C(=O)O. The molecule has 0 aliphatic carbocycles. The number of amides is 1. The zero-order chi connectivity index (χ0) is 16.0. The lowest BCUT2D eigenvalue weighted by Gasteiger charge is -2.22. The number of carboxylic acid groups (broad SMARTS) is 1. The average molecular weight is 291 g/mol. The van der Waals surface area contributed by atoms with Gasteiger partial charge in [-0.15, -0.1) is 0 Å². The molecule has 0 fully saturated rings. The highest BCUT2D eigenvalue weighted by molar-refractivity contribution is 5.80. The monoisotopic (exact) mass is 291 g/mol. The molecule has 1 aromatic rings. The van der Waals surface area contributed by atoms with E-state index in [1.165, 1.54) is 18.5 Å². The number of hydrogen-bond donors (Lipinski definition) is 2. The molecule has 0 saturated carbocycles. The molecule has 1 amide bonds. The number of aliphatic carboxylic acids is 1. The van der Waals surface area contributed by atoms with Crippen molar-refractivity contribution in [2.24, 2.45) is 0 Å². The number of ether oxygens (including phenoxy) is 1. The van der Waals surface area contributed by atoms with Crippen molar-refractivity contribution >= 4 is 12.1 Å². The molecule has 0 saturated heterocycles. The van der Waals surface area contributed by atoms with Gasteiger partial charge in [0.25, 0.3) is 0 Å². The normalized spacial score (nSPS) is 12.1. The number of aromatic nitrogens is 1. The lowest BCUT2D eigenvalue weighted by molar-refractivity contribution is -0.139. The van der Waals surface area contributed by atoms with Crippen LogP contribution >= 0.6 is 0 Å². The average Bonchev–Trinajstić information content (AvgIpc) is 2.36. The first-order valence-electron chi connectivity index (χ1n) is 6.28. The topological polar surface area (TPSA) is 112 Å². The van der Waals surface area contributed by atoms with Crippen LogP contribution < -0.4 is 5.32 Å². The first-order chi connectivity index (χ1) is 9.73. The molecule has 1 aromatic heterocycles. The van der Waals surface area contributed by atoms with Crippen molar-refractivity contribution in [3.8, 4) is 6.07 Å². The zero-order valence-electron chi connectivity index (χ0n) is 12.1. The molecular weight excluding hydrogens is 274 g/mol. The molecule has 0 spiro atoms. The molecule has 1 rings (SSSR count).